The highest BCUT2D eigenvalue weighted by Gasteiger charge is 2.44. The van der Waals surface area contributed by atoms with Crippen molar-refractivity contribution in [1.29, 1.82) is 0 Å². The number of aromatic nitrogens is 2. The second-order valence-corrected chi connectivity index (χ2v) is 10.1. The first-order valence-electron chi connectivity index (χ1n) is 11.8. The van der Waals surface area contributed by atoms with Gasteiger partial charge in [-0.3, -0.25) is 4.98 Å². The summed E-state index contributed by atoms with van der Waals surface area (Å²) < 4.78 is 2.70. The highest BCUT2D eigenvalue weighted by Crippen LogP contribution is 2.37. The van der Waals surface area contributed by atoms with Crippen molar-refractivity contribution in [2.24, 2.45) is 0 Å². The fourth-order valence-corrected chi connectivity index (χ4v) is 6.55. The lowest BCUT2D eigenvalue weighted by molar-refractivity contribution is -0.772. The molecular formula is C30H27N2+. The molecule has 0 N–H and O–H groups in total. The molecule has 3 aliphatic rings. The minimum absolute atomic E-state index is 0.00432. The summed E-state index contributed by atoms with van der Waals surface area (Å²) in [6.45, 7) is 2.50. The summed E-state index contributed by atoms with van der Waals surface area (Å²) in [6, 6.07) is 27.4. The first kappa shape index (κ1) is 18.3. The smallest absolute Gasteiger partial charge is 0.188 e. The van der Waals surface area contributed by atoms with Crippen molar-refractivity contribution < 1.29 is 4.57 Å². The van der Waals surface area contributed by atoms with Gasteiger partial charge in [-0.25, -0.2) is 0 Å². The maximum Gasteiger partial charge on any atom is 0.188 e. The molecule has 1 aliphatic carbocycles. The number of nitrogens with zero attached hydrogens (tertiary/aromatic N) is 2. The zero-order valence-electron chi connectivity index (χ0n) is 18.6. The van der Waals surface area contributed by atoms with Crippen molar-refractivity contribution >= 4 is 0 Å². The van der Waals surface area contributed by atoms with Crippen LogP contribution in [-0.2, 0) is 44.1 Å². The van der Waals surface area contributed by atoms with Gasteiger partial charge in [-0.15, -0.1) is 0 Å². The van der Waals surface area contributed by atoms with Gasteiger partial charge in [0.1, 0.15) is 0 Å². The Morgan fingerprint density at radius 3 is 1.78 bits per heavy atom. The standard InChI is InChI=1S/C30H27N2/c1-30-18-28-20-6-2-8-22(28)15-24-10-4-11-25(31-24)17-27-13-5-12-26(32(27)30)16-23-9-3-7-21(14-20)29(23)19-30/h2-13H,14-19H2,1H3/q+1. The first-order valence-corrected chi connectivity index (χ1v) is 11.8. The maximum atomic E-state index is 5.09. The summed E-state index contributed by atoms with van der Waals surface area (Å²) in [7, 11) is 0. The molecule has 0 spiro atoms. The number of hydrogen-bond donors (Lipinski definition) is 0. The van der Waals surface area contributed by atoms with Gasteiger partial charge in [0.25, 0.3) is 0 Å². The zero-order valence-corrected chi connectivity index (χ0v) is 18.6. The van der Waals surface area contributed by atoms with E-state index in [-0.39, 0.29) is 5.54 Å². The van der Waals surface area contributed by atoms with Crippen LogP contribution in [0.5, 0.6) is 0 Å². The molecule has 0 radical (unpaired) electrons. The molecule has 2 aliphatic heterocycles. The Morgan fingerprint density at radius 1 is 0.594 bits per heavy atom. The van der Waals surface area contributed by atoms with Gasteiger partial charge >= 0.3 is 0 Å². The third-order valence-electron chi connectivity index (χ3n) is 7.90. The van der Waals surface area contributed by atoms with Crippen LogP contribution < -0.4 is 4.57 Å². The van der Waals surface area contributed by atoms with Crippen LogP contribution in [0.15, 0.2) is 72.8 Å². The zero-order chi connectivity index (χ0) is 21.3. The fraction of sp³-hybridized carbons (Fsp3) is 0.267. The molecule has 32 heavy (non-hydrogen) atoms. The van der Waals surface area contributed by atoms with Crippen molar-refractivity contribution in [1.82, 2.24) is 4.98 Å². The third-order valence-corrected chi connectivity index (χ3v) is 7.90. The molecule has 0 saturated carbocycles. The van der Waals surface area contributed by atoms with Gasteiger partial charge in [0, 0.05) is 44.0 Å². The summed E-state index contributed by atoms with van der Waals surface area (Å²) in [4.78, 5) is 5.09. The van der Waals surface area contributed by atoms with E-state index in [9.17, 15) is 0 Å². The Labute approximate surface area is 189 Å². The molecule has 0 amide bonds. The second-order valence-electron chi connectivity index (χ2n) is 10.1. The van der Waals surface area contributed by atoms with E-state index >= 15 is 0 Å². The molecule has 1 atom stereocenters. The molecule has 2 aromatic heterocycles. The Balaban J connectivity index is 1.61. The van der Waals surface area contributed by atoms with E-state index in [1.165, 1.54) is 50.6 Å². The van der Waals surface area contributed by atoms with Crippen LogP contribution in [0.25, 0.3) is 0 Å². The number of fused-ring (bicyclic) bond motifs is 2. The van der Waals surface area contributed by atoms with E-state index < -0.39 is 0 Å². The molecule has 1 unspecified atom stereocenters. The largest absolute Gasteiger partial charge is 0.257 e. The molecule has 4 aromatic rings. The normalized spacial score (nSPS) is 20.0. The minimum Gasteiger partial charge on any atom is -0.257 e. The van der Waals surface area contributed by atoms with Crippen molar-refractivity contribution in [2.45, 2.75) is 51.0 Å². The highest BCUT2D eigenvalue weighted by atomic mass is 15.1. The minimum atomic E-state index is -0.00432. The number of pyridine rings is 2. The Hall–Kier alpha value is -3.26. The molecule has 7 rings (SSSR count). The molecule has 156 valence electrons. The maximum absolute atomic E-state index is 5.09. The number of hydrogen-bond acceptors (Lipinski definition) is 1. The molecule has 2 aromatic carbocycles. The first-order chi connectivity index (χ1) is 15.7. The van der Waals surface area contributed by atoms with E-state index in [4.69, 9.17) is 4.98 Å². The van der Waals surface area contributed by atoms with Gasteiger partial charge in [0.15, 0.2) is 16.9 Å². The van der Waals surface area contributed by atoms with E-state index in [2.05, 4.69) is 84.3 Å². The lowest BCUT2D eigenvalue weighted by Gasteiger charge is -2.31. The fourth-order valence-electron chi connectivity index (χ4n) is 6.55. The summed E-state index contributed by atoms with van der Waals surface area (Å²) in [5, 5.41) is 0. The Bertz CT molecular complexity index is 1390. The molecule has 5 bridgehead atoms. The summed E-state index contributed by atoms with van der Waals surface area (Å²) >= 11 is 0. The van der Waals surface area contributed by atoms with Gasteiger partial charge in [-0.2, -0.15) is 4.57 Å². The SMILES string of the molecule is CC12Cc3c4cccc3Cc3cccc(c3C1)Cc1cccc([n+]12)Cc1cccc(n1)C4. The third kappa shape index (κ3) is 2.72. The van der Waals surface area contributed by atoms with E-state index in [1.807, 2.05) is 0 Å². The molecule has 0 saturated heterocycles. The molecular weight excluding hydrogens is 388 g/mol. The van der Waals surface area contributed by atoms with Crippen LogP contribution in [0.4, 0.5) is 0 Å². The van der Waals surface area contributed by atoms with Crippen molar-refractivity contribution in [3.05, 3.63) is 129 Å². The van der Waals surface area contributed by atoms with Gasteiger partial charge in [-0.1, -0.05) is 42.5 Å². The predicted octanol–water partition coefficient (Wildman–Crippen LogP) is 4.87. The second kappa shape index (κ2) is 6.62. The van der Waals surface area contributed by atoms with Crippen LogP contribution in [0.2, 0.25) is 0 Å². The van der Waals surface area contributed by atoms with E-state index in [0.29, 0.717) is 0 Å². The quantitative estimate of drug-likeness (QED) is 0.330. The van der Waals surface area contributed by atoms with Crippen LogP contribution in [0, 0.1) is 0 Å². The number of benzene rings is 2. The van der Waals surface area contributed by atoms with Gasteiger partial charge in [0.2, 0.25) is 0 Å². The molecule has 2 heteroatoms. The monoisotopic (exact) mass is 415 g/mol. The highest BCUT2D eigenvalue weighted by molar-refractivity contribution is 5.47. The summed E-state index contributed by atoms with van der Waals surface area (Å²) in [5.41, 5.74) is 14.2. The number of rotatable bonds is 0. The van der Waals surface area contributed by atoms with Crippen molar-refractivity contribution in [3.8, 4) is 0 Å². The van der Waals surface area contributed by atoms with E-state index in [0.717, 1.165) is 38.5 Å². The van der Waals surface area contributed by atoms with Crippen LogP contribution in [0.1, 0.15) is 63.1 Å². The van der Waals surface area contributed by atoms with E-state index in [1.54, 1.807) is 5.56 Å². The summed E-state index contributed by atoms with van der Waals surface area (Å²) in [5.74, 6) is 0. The van der Waals surface area contributed by atoms with Crippen LogP contribution in [-0.4, -0.2) is 4.98 Å². The molecule has 4 heterocycles. The van der Waals surface area contributed by atoms with Crippen LogP contribution >= 0.6 is 0 Å². The molecule has 2 nitrogen and oxygen atoms in total. The van der Waals surface area contributed by atoms with Gasteiger partial charge in [-0.05, 0) is 58.0 Å². The lowest BCUT2D eigenvalue weighted by atomic mass is 9.76. The average molecular weight is 416 g/mol. The van der Waals surface area contributed by atoms with Crippen molar-refractivity contribution in [3.63, 3.8) is 0 Å². The Morgan fingerprint density at radius 2 is 1.09 bits per heavy atom. The van der Waals surface area contributed by atoms with Gasteiger partial charge < -0.3 is 0 Å². The topological polar surface area (TPSA) is 16.8 Å². The predicted molar refractivity (Wildman–Crippen MR) is 126 cm³/mol. The Kier molecular flexibility index (Phi) is 3.79. The average Bonchev–Trinajstić information content (AvgIpc) is 2.90. The van der Waals surface area contributed by atoms with Crippen LogP contribution in [0.3, 0.4) is 0 Å². The summed E-state index contributed by atoms with van der Waals surface area (Å²) in [6.07, 6.45) is 5.98. The van der Waals surface area contributed by atoms with Crippen molar-refractivity contribution in [2.75, 3.05) is 0 Å². The lowest BCUT2D eigenvalue weighted by Crippen LogP contribution is -2.61. The van der Waals surface area contributed by atoms with Gasteiger partial charge in [0.05, 0.1) is 18.5 Å². The molecule has 0 fully saturated rings.